The van der Waals surface area contributed by atoms with E-state index in [1.807, 2.05) is 7.05 Å². The van der Waals surface area contributed by atoms with E-state index in [0.29, 0.717) is 12.5 Å². The summed E-state index contributed by atoms with van der Waals surface area (Å²) < 4.78 is 0. The molecule has 0 unspecified atom stereocenters. The van der Waals surface area contributed by atoms with Gasteiger partial charge in [0.1, 0.15) is 6.29 Å². The summed E-state index contributed by atoms with van der Waals surface area (Å²) in [5.74, 6) is 0. The summed E-state index contributed by atoms with van der Waals surface area (Å²) in [4.78, 5) is 12.1. The fraction of sp³-hybridized carbons (Fsp3) is 0.857. The zero-order chi connectivity index (χ0) is 7.28. The van der Waals surface area contributed by atoms with Gasteiger partial charge in [0.15, 0.2) is 0 Å². The van der Waals surface area contributed by atoms with Crippen LogP contribution in [0, 0.1) is 0 Å². The highest BCUT2D eigenvalue weighted by Gasteiger charge is 1.99. The molecule has 0 atom stereocenters. The predicted octanol–water partition coefficient (Wildman–Crippen LogP) is 0.916. The van der Waals surface area contributed by atoms with Crippen molar-refractivity contribution in [1.82, 2.24) is 4.90 Å². The third-order valence-corrected chi connectivity index (χ3v) is 1.48. The van der Waals surface area contributed by atoms with Crippen molar-refractivity contribution in [2.24, 2.45) is 0 Å². The minimum atomic E-state index is 0.546. The molecule has 0 heterocycles. The van der Waals surface area contributed by atoms with Gasteiger partial charge in [-0.2, -0.15) is 0 Å². The van der Waals surface area contributed by atoms with Gasteiger partial charge in [0.25, 0.3) is 0 Å². The molecule has 0 saturated heterocycles. The Morgan fingerprint density at radius 3 is 2.44 bits per heavy atom. The number of carbonyl (C=O) groups excluding carboxylic acids is 1. The van der Waals surface area contributed by atoms with Gasteiger partial charge >= 0.3 is 0 Å². The monoisotopic (exact) mass is 129 g/mol. The Labute approximate surface area is 56.9 Å². The molecule has 9 heavy (non-hydrogen) atoms. The Morgan fingerprint density at radius 2 is 2.11 bits per heavy atom. The summed E-state index contributed by atoms with van der Waals surface area (Å²) in [5.41, 5.74) is 0. The van der Waals surface area contributed by atoms with Crippen molar-refractivity contribution >= 4 is 6.29 Å². The molecule has 2 nitrogen and oxygen atoms in total. The number of rotatable bonds is 4. The van der Waals surface area contributed by atoms with Crippen LogP contribution in [-0.2, 0) is 4.79 Å². The number of aldehydes is 1. The SMILES string of the molecule is CC(C)N(C)CCC=O. The van der Waals surface area contributed by atoms with Crippen LogP contribution in [0.3, 0.4) is 0 Å². The van der Waals surface area contributed by atoms with Crippen LogP contribution in [0.5, 0.6) is 0 Å². The topological polar surface area (TPSA) is 20.3 Å². The van der Waals surface area contributed by atoms with E-state index >= 15 is 0 Å². The first kappa shape index (κ1) is 8.63. The normalized spacial score (nSPS) is 10.8. The highest BCUT2D eigenvalue weighted by molar-refractivity contribution is 5.49. The molecule has 0 fully saturated rings. The molecular formula is C7H15NO. The average Bonchev–Trinajstić information content (AvgIpc) is 1.82. The number of hydrogen-bond donors (Lipinski definition) is 0. The van der Waals surface area contributed by atoms with E-state index < -0.39 is 0 Å². The van der Waals surface area contributed by atoms with Gasteiger partial charge in [-0.05, 0) is 20.9 Å². The largest absolute Gasteiger partial charge is 0.304 e. The van der Waals surface area contributed by atoms with Crippen molar-refractivity contribution in [3.05, 3.63) is 0 Å². The minimum Gasteiger partial charge on any atom is -0.304 e. The van der Waals surface area contributed by atoms with Crippen LogP contribution >= 0.6 is 0 Å². The molecule has 0 bridgehead atoms. The Morgan fingerprint density at radius 1 is 1.56 bits per heavy atom. The first-order valence-electron chi connectivity index (χ1n) is 3.32. The van der Waals surface area contributed by atoms with Gasteiger partial charge in [0, 0.05) is 19.0 Å². The number of nitrogens with zero attached hydrogens (tertiary/aromatic N) is 1. The first-order valence-corrected chi connectivity index (χ1v) is 3.32. The summed E-state index contributed by atoms with van der Waals surface area (Å²) in [6.45, 7) is 5.11. The van der Waals surface area contributed by atoms with Gasteiger partial charge in [-0.1, -0.05) is 0 Å². The second kappa shape index (κ2) is 4.50. The second-order valence-electron chi connectivity index (χ2n) is 2.53. The fourth-order valence-corrected chi connectivity index (χ4v) is 0.515. The summed E-state index contributed by atoms with van der Waals surface area (Å²) in [7, 11) is 2.02. The molecule has 0 aromatic heterocycles. The molecular weight excluding hydrogens is 114 g/mol. The quantitative estimate of drug-likeness (QED) is 0.526. The summed E-state index contributed by atoms with van der Waals surface area (Å²) in [6.07, 6.45) is 1.60. The lowest BCUT2D eigenvalue weighted by Gasteiger charge is -2.18. The van der Waals surface area contributed by atoms with E-state index in [9.17, 15) is 4.79 Å². The van der Waals surface area contributed by atoms with Crippen LogP contribution in [0.2, 0.25) is 0 Å². The molecule has 0 aromatic carbocycles. The summed E-state index contributed by atoms with van der Waals surface area (Å²) in [6, 6.07) is 0.546. The Bertz CT molecular complexity index is 81.0. The van der Waals surface area contributed by atoms with Crippen LogP contribution in [0.15, 0.2) is 0 Å². The van der Waals surface area contributed by atoms with Crippen molar-refractivity contribution in [2.75, 3.05) is 13.6 Å². The lowest BCUT2D eigenvalue weighted by molar-refractivity contribution is -0.108. The van der Waals surface area contributed by atoms with Crippen molar-refractivity contribution in [3.63, 3.8) is 0 Å². The maximum Gasteiger partial charge on any atom is 0.121 e. The molecule has 2 heteroatoms. The second-order valence-corrected chi connectivity index (χ2v) is 2.53. The lowest BCUT2D eigenvalue weighted by Crippen LogP contribution is -2.27. The molecule has 0 radical (unpaired) electrons. The zero-order valence-corrected chi connectivity index (χ0v) is 6.42. The van der Waals surface area contributed by atoms with Crippen molar-refractivity contribution in [2.45, 2.75) is 26.3 Å². The molecule has 0 aliphatic rings. The summed E-state index contributed by atoms with van der Waals surface area (Å²) in [5, 5.41) is 0. The van der Waals surface area contributed by atoms with E-state index in [0.717, 1.165) is 12.8 Å². The van der Waals surface area contributed by atoms with Crippen LogP contribution in [0.4, 0.5) is 0 Å². The Balaban J connectivity index is 3.26. The van der Waals surface area contributed by atoms with E-state index in [1.165, 1.54) is 0 Å². The van der Waals surface area contributed by atoms with Crippen LogP contribution < -0.4 is 0 Å². The molecule has 54 valence electrons. The molecule has 0 N–H and O–H groups in total. The van der Waals surface area contributed by atoms with E-state index in [-0.39, 0.29) is 0 Å². The van der Waals surface area contributed by atoms with Gasteiger partial charge in [-0.15, -0.1) is 0 Å². The number of carbonyl (C=O) groups is 1. The molecule has 0 aromatic rings. The van der Waals surface area contributed by atoms with Crippen molar-refractivity contribution < 1.29 is 4.79 Å². The molecule has 0 rings (SSSR count). The van der Waals surface area contributed by atoms with Gasteiger partial charge in [-0.25, -0.2) is 0 Å². The van der Waals surface area contributed by atoms with Crippen LogP contribution in [0.1, 0.15) is 20.3 Å². The highest BCUT2D eigenvalue weighted by Crippen LogP contribution is 1.92. The third kappa shape index (κ3) is 4.15. The lowest BCUT2D eigenvalue weighted by atomic mass is 10.3. The smallest absolute Gasteiger partial charge is 0.121 e. The van der Waals surface area contributed by atoms with Crippen LogP contribution in [-0.4, -0.2) is 30.8 Å². The highest BCUT2D eigenvalue weighted by atomic mass is 16.1. The fourth-order valence-electron chi connectivity index (χ4n) is 0.515. The standard InChI is InChI=1S/C7H15NO/c1-7(2)8(3)5-4-6-9/h6-7H,4-5H2,1-3H3. The van der Waals surface area contributed by atoms with Gasteiger partial charge < -0.3 is 9.69 Å². The predicted molar refractivity (Wildman–Crippen MR) is 38.4 cm³/mol. The Kier molecular flexibility index (Phi) is 4.32. The average molecular weight is 129 g/mol. The van der Waals surface area contributed by atoms with Gasteiger partial charge in [0.2, 0.25) is 0 Å². The Hall–Kier alpha value is -0.370. The van der Waals surface area contributed by atoms with E-state index in [1.54, 1.807) is 0 Å². The zero-order valence-electron chi connectivity index (χ0n) is 6.42. The molecule has 0 aliphatic carbocycles. The molecule has 0 spiro atoms. The van der Waals surface area contributed by atoms with Crippen molar-refractivity contribution in [3.8, 4) is 0 Å². The molecule has 0 amide bonds. The minimum absolute atomic E-state index is 0.546. The van der Waals surface area contributed by atoms with Crippen LogP contribution in [0.25, 0.3) is 0 Å². The molecule has 0 saturated carbocycles. The molecule has 0 aliphatic heterocycles. The number of hydrogen-bond acceptors (Lipinski definition) is 2. The van der Waals surface area contributed by atoms with E-state index in [4.69, 9.17) is 0 Å². The summed E-state index contributed by atoms with van der Waals surface area (Å²) >= 11 is 0. The van der Waals surface area contributed by atoms with Gasteiger partial charge in [0.05, 0.1) is 0 Å². The van der Waals surface area contributed by atoms with Gasteiger partial charge in [-0.3, -0.25) is 0 Å². The first-order chi connectivity index (χ1) is 4.18. The van der Waals surface area contributed by atoms with Crippen molar-refractivity contribution in [1.29, 1.82) is 0 Å². The maximum absolute atomic E-state index is 9.91. The van der Waals surface area contributed by atoms with E-state index in [2.05, 4.69) is 18.7 Å². The third-order valence-electron chi connectivity index (χ3n) is 1.48. The maximum atomic E-state index is 9.91.